The maximum atomic E-state index is 14.7. The first kappa shape index (κ1) is 93.1. The van der Waals surface area contributed by atoms with Crippen molar-refractivity contribution < 1.29 is 90.9 Å². The van der Waals surface area contributed by atoms with Crippen LogP contribution in [0.1, 0.15) is 183 Å². The van der Waals surface area contributed by atoms with Gasteiger partial charge < -0.3 is 76.9 Å². The fraction of sp³-hybridized carbons (Fsp3) is 0.662. The fourth-order valence-electron chi connectivity index (χ4n) is 14.9. The minimum absolute atomic E-state index is 0.00401. The number of hydrogen-bond acceptors (Lipinski definition) is 21. The van der Waals surface area contributed by atoms with Crippen LogP contribution in [0.4, 0.5) is 19.7 Å². The maximum Gasteiger partial charge on any atom is 0.408 e. The van der Waals surface area contributed by atoms with Gasteiger partial charge in [-0.05, 0) is 130 Å². The van der Waals surface area contributed by atoms with E-state index in [1.807, 2.05) is 67.5 Å². The first-order valence-corrected chi connectivity index (χ1v) is 40.4. The number of alkyl carbamates (subject to hydrolysis) is 1. The normalized spacial score (nSPS) is 19.7. The van der Waals surface area contributed by atoms with Crippen molar-refractivity contribution in [2.24, 2.45) is 40.7 Å². The van der Waals surface area contributed by atoms with Crippen LogP contribution in [0.25, 0.3) is 0 Å². The highest BCUT2D eigenvalue weighted by molar-refractivity contribution is 8.00. The van der Waals surface area contributed by atoms with Crippen molar-refractivity contribution >= 4 is 94.6 Å². The number of nitrogens with zero attached hydrogens (tertiary/aromatic N) is 5. The molecule has 3 aliphatic heterocycles. The molecular formula is C80H122FN13O18S. The Kier molecular flexibility index (Phi) is 35.9. The summed E-state index contributed by atoms with van der Waals surface area (Å²) in [6, 6.07) is 4.88. The van der Waals surface area contributed by atoms with E-state index >= 15 is 0 Å². The zero-order chi connectivity index (χ0) is 83.9. The second-order valence-electron chi connectivity index (χ2n) is 31.8. The van der Waals surface area contributed by atoms with Gasteiger partial charge in [0.25, 0.3) is 11.8 Å². The summed E-state index contributed by atoms with van der Waals surface area (Å²) in [4.78, 5) is 184. The molecule has 31 nitrogen and oxygen atoms in total. The van der Waals surface area contributed by atoms with Gasteiger partial charge in [-0.2, -0.15) is 0 Å². The summed E-state index contributed by atoms with van der Waals surface area (Å²) in [7, 11) is 8.32. The zero-order valence-corrected chi connectivity index (χ0v) is 69.1. The second-order valence-corrected chi connectivity index (χ2v) is 33.0. The lowest BCUT2D eigenvalue weighted by Crippen LogP contribution is -2.59. The number of thioether (sulfide) groups is 1. The predicted octanol–water partition coefficient (Wildman–Crippen LogP) is 6.11. The Morgan fingerprint density at radius 1 is 0.761 bits per heavy atom. The minimum Gasteiger partial charge on any atom is -0.445 e. The lowest BCUT2D eigenvalue weighted by atomic mass is 9.89. The number of rotatable bonds is 46. The molecule has 3 heterocycles. The molecule has 0 aromatic heterocycles. The van der Waals surface area contributed by atoms with Gasteiger partial charge in [0.1, 0.15) is 30.5 Å². The molecule has 13 amide bonds. The van der Waals surface area contributed by atoms with Gasteiger partial charge in [-0.1, -0.05) is 106 Å². The highest BCUT2D eigenvalue weighted by atomic mass is 32.2. The van der Waals surface area contributed by atoms with Gasteiger partial charge in [0.2, 0.25) is 47.3 Å². The summed E-state index contributed by atoms with van der Waals surface area (Å²) in [5.41, 5.74) is 6.64. The summed E-state index contributed by atoms with van der Waals surface area (Å²) in [5.74, 6) is -6.60. The van der Waals surface area contributed by atoms with Crippen LogP contribution < -0.4 is 43.0 Å². The molecule has 3 saturated heterocycles. The van der Waals surface area contributed by atoms with E-state index in [4.69, 9.17) is 24.8 Å². The van der Waals surface area contributed by atoms with E-state index in [-0.39, 0.29) is 131 Å². The number of likely N-dealkylation sites (tertiary alicyclic amines) is 2. The van der Waals surface area contributed by atoms with Crippen LogP contribution in [-0.2, 0) is 78.4 Å². The number of primary amides is 1. The number of anilines is 1. The molecule has 14 atom stereocenters. The van der Waals surface area contributed by atoms with Gasteiger partial charge in [-0.3, -0.25) is 57.7 Å². The van der Waals surface area contributed by atoms with Crippen molar-refractivity contribution in [3.05, 3.63) is 77.8 Å². The van der Waals surface area contributed by atoms with E-state index in [0.29, 0.717) is 71.9 Å². The van der Waals surface area contributed by atoms with Gasteiger partial charge in [0.05, 0.1) is 60.6 Å². The van der Waals surface area contributed by atoms with E-state index in [2.05, 4.69) is 43.8 Å². The van der Waals surface area contributed by atoms with Crippen LogP contribution in [0, 0.1) is 40.8 Å². The van der Waals surface area contributed by atoms with Crippen molar-refractivity contribution in [3.63, 3.8) is 0 Å². The van der Waals surface area contributed by atoms with Crippen molar-refractivity contribution in [1.82, 2.24) is 56.6 Å². The standard InChI is InChI=1S/C80H122FN13O18S/c1-17-48(8)71(91(14)77(106)68(46(4)5)88-75(104)70(47(6)7)90(12)13)59(109-15)39-64(99)93-42-56(95)38-58(93)72(110-16)49(9)50(10)84-51(11)69(53-26-28-54(81)29-27-53)89-79(108)111-43-52-24-30-55(31-25-52)85-73(102)57(22-21-36-83-78(82)107)86-74(103)67(45(2)3)87-61(96)23-19-18-20-37-92-65(100)40-60(76(92)105)113-44-80(34-35-80)41-66(101)112-94-62(97)32-33-63(94)98/h24-31,45-49,51,56-60,67-72,84,95H,10,17-23,32-44H2,1-9,11-16H3,(H,85,102)(H,86,103)(H,87,96)(H,88,104)(H,89,108)(H3,82,83,107)/t48-,49-,51+,56-,57?,58-,59+,60?,67?,68-,69?,70-,71?,72+/m0/s1. The second kappa shape index (κ2) is 43.6. The van der Waals surface area contributed by atoms with Crippen LogP contribution in [0.2, 0.25) is 0 Å². The Balaban J connectivity index is 1.01. The van der Waals surface area contributed by atoms with E-state index in [0.717, 1.165) is 0 Å². The van der Waals surface area contributed by atoms with Crippen LogP contribution >= 0.6 is 11.8 Å². The Morgan fingerprint density at radius 2 is 1.41 bits per heavy atom. The third-order valence-corrected chi connectivity index (χ3v) is 23.3. The summed E-state index contributed by atoms with van der Waals surface area (Å²) in [6.45, 7) is 23.1. The molecule has 0 radical (unpaired) electrons. The number of likely N-dealkylation sites (N-methyl/N-ethyl adjacent to an activating group) is 2. The van der Waals surface area contributed by atoms with Crippen LogP contribution in [0.3, 0.4) is 0 Å². The molecule has 33 heteroatoms. The Bertz CT molecular complexity index is 3620. The average Bonchev–Trinajstić information content (AvgIpc) is 1.88. The van der Waals surface area contributed by atoms with E-state index in [9.17, 15) is 71.8 Å². The van der Waals surface area contributed by atoms with Crippen LogP contribution in [-0.4, -0.2) is 234 Å². The number of unbranched alkanes of at least 4 members (excludes halogenated alkanes) is 2. The molecule has 113 heavy (non-hydrogen) atoms. The number of hydrogen-bond donors (Lipinski definition) is 9. The van der Waals surface area contributed by atoms with Crippen molar-refractivity contribution in [1.29, 1.82) is 0 Å². The predicted molar refractivity (Wildman–Crippen MR) is 421 cm³/mol. The number of amides is 13. The highest BCUT2D eigenvalue weighted by Crippen LogP contribution is 2.52. The third-order valence-electron chi connectivity index (χ3n) is 21.7. The van der Waals surface area contributed by atoms with Gasteiger partial charge in [0.15, 0.2) is 0 Å². The number of urea groups is 1. The molecule has 0 bridgehead atoms. The number of hydroxylamine groups is 2. The van der Waals surface area contributed by atoms with Gasteiger partial charge in [-0.15, -0.1) is 16.8 Å². The molecule has 2 aromatic rings. The first-order chi connectivity index (χ1) is 53.3. The Morgan fingerprint density at radius 3 is 1.98 bits per heavy atom. The van der Waals surface area contributed by atoms with Gasteiger partial charge >= 0.3 is 18.1 Å². The maximum absolute atomic E-state index is 14.7. The number of carbonyl (C=O) groups is 13. The number of nitrogens with one attached hydrogen (secondary N) is 7. The number of β-amino-alcohol motifs (C(OH)–C–C–N with tert-alkyl or cyclic N) is 1. The van der Waals surface area contributed by atoms with E-state index < -0.39 is 143 Å². The monoisotopic (exact) mass is 1600 g/mol. The minimum atomic E-state index is -1.16. The Hall–Kier alpha value is -8.79. The molecule has 1 saturated carbocycles. The fourth-order valence-corrected chi connectivity index (χ4v) is 16.3. The number of methoxy groups -OCH3 is 2. The number of aliphatic hydroxyl groups excluding tert-OH is 1. The largest absolute Gasteiger partial charge is 0.445 e. The number of aliphatic hydroxyl groups is 1. The molecule has 628 valence electrons. The lowest BCUT2D eigenvalue weighted by Gasteiger charge is -2.41. The molecule has 2 aromatic carbocycles. The van der Waals surface area contributed by atoms with Gasteiger partial charge in [0, 0.05) is 95.7 Å². The SMILES string of the molecule is C=C(N[C@H](C)C(NC(=O)OCc1ccc(NC(=O)C(CCCNC(N)=O)NC(=O)C(NC(=O)CCCCCN2C(=O)CC(SCC3(CC(=O)ON4C(=O)CCC4=O)CC3)C2=O)C(C)C)cc1)c1ccc(F)cc1)[C@H](C)[C@@H](OC)[C@@H]1C[C@H](O)CN1C(=O)C[C@@H](OC)C([C@@H](C)CC)N(C)C(=O)[C@@H](NC(=O)[C@H](C(C)C)N(C)C)C(C)C. The molecule has 4 fully saturated rings. The average molecular weight is 1600 g/mol. The molecular weight excluding hydrogens is 1480 g/mol. The summed E-state index contributed by atoms with van der Waals surface area (Å²) >= 11 is 1.30. The topological polar surface area (TPSA) is 405 Å². The van der Waals surface area contributed by atoms with Crippen LogP contribution in [0.15, 0.2) is 60.8 Å². The van der Waals surface area contributed by atoms with Gasteiger partial charge in [-0.25, -0.2) is 18.8 Å². The summed E-state index contributed by atoms with van der Waals surface area (Å²) in [6.07, 6.45) is 0.298. The number of carbonyl (C=O) groups excluding carboxylic acids is 13. The highest BCUT2D eigenvalue weighted by Gasteiger charge is 2.50. The summed E-state index contributed by atoms with van der Waals surface area (Å²) < 4.78 is 32.4. The van der Waals surface area contributed by atoms with E-state index in [1.54, 1.807) is 61.9 Å². The smallest absolute Gasteiger partial charge is 0.408 e. The molecule has 0 spiro atoms. The van der Waals surface area contributed by atoms with Crippen molar-refractivity contribution in [2.75, 3.05) is 66.1 Å². The molecule has 1 aliphatic carbocycles. The van der Waals surface area contributed by atoms with Crippen molar-refractivity contribution in [2.45, 2.75) is 244 Å². The number of halogens is 1. The quantitative estimate of drug-likeness (QED) is 0.0266. The van der Waals surface area contributed by atoms with Crippen LogP contribution in [0.5, 0.6) is 0 Å². The van der Waals surface area contributed by atoms with E-state index in [1.165, 1.54) is 55.1 Å². The number of ether oxygens (including phenoxy) is 3. The zero-order valence-electron chi connectivity index (χ0n) is 68.3. The first-order valence-electron chi connectivity index (χ1n) is 39.3. The third kappa shape index (κ3) is 26.9. The molecule has 5 unspecified atom stereocenters. The Labute approximate surface area is 667 Å². The number of imide groups is 2. The van der Waals surface area contributed by atoms with Crippen molar-refractivity contribution in [3.8, 4) is 0 Å². The number of benzene rings is 2. The molecule has 10 N–H and O–H groups in total. The number of nitrogens with two attached hydrogens (primary N) is 1. The lowest BCUT2D eigenvalue weighted by molar-refractivity contribution is -0.198. The molecule has 4 aliphatic rings. The summed E-state index contributed by atoms with van der Waals surface area (Å²) in [5, 5.41) is 31.3. The molecule has 6 rings (SSSR count).